The molecule has 0 fully saturated rings. The molecule has 0 aromatic heterocycles. The zero-order chi connectivity index (χ0) is 6.69. The third-order valence-corrected chi connectivity index (χ3v) is 1.26. The largest absolute Gasteiger partial charge is 0.376 e. The predicted octanol–water partition coefficient (Wildman–Crippen LogP) is 1.45. The van der Waals surface area contributed by atoms with E-state index in [-0.39, 0.29) is 32.7 Å². The Morgan fingerprint density at radius 3 is 2.30 bits per heavy atom. The molecule has 0 bridgehead atoms. The van der Waals surface area contributed by atoms with Crippen molar-refractivity contribution in [1.82, 2.24) is 0 Å². The molecule has 0 aliphatic rings. The molecule has 49 valence electrons. The Balaban J connectivity index is 0.000000810. The Hall–Kier alpha value is -0.00610. The molecule has 0 spiro atoms. The fourth-order valence-electron chi connectivity index (χ4n) is 0.687. The third-order valence-electron chi connectivity index (χ3n) is 1.26. The number of aryl methyl sites for hydroxylation is 1. The summed E-state index contributed by atoms with van der Waals surface area (Å²) in [6, 6.07) is 7.37. The van der Waals surface area contributed by atoms with Crippen LogP contribution >= 0.6 is 0 Å². The molecule has 0 saturated heterocycles. The van der Waals surface area contributed by atoms with Crippen molar-refractivity contribution in [3.05, 3.63) is 35.4 Å². The first-order chi connectivity index (χ1) is 4.34. The van der Waals surface area contributed by atoms with Crippen LogP contribution in [0.1, 0.15) is 11.1 Å². The molecular formula is C8H7OY-. The van der Waals surface area contributed by atoms with Gasteiger partial charge in [-0.3, -0.25) is 0 Å². The standard InChI is InChI=1S/C8H7O.Y/c1-7-4-2-3-5-8(7)6-9;/h2-5H,1H3;/q-1;. The molecule has 10 heavy (non-hydrogen) atoms. The fraction of sp³-hybridized carbons (Fsp3) is 0.125. The van der Waals surface area contributed by atoms with E-state index in [1.807, 2.05) is 31.4 Å². The van der Waals surface area contributed by atoms with Gasteiger partial charge in [-0.25, -0.2) is 0 Å². The molecule has 1 rings (SSSR count). The molecule has 0 saturated carbocycles. The maximum Gasteiger partial charge on any atom is 0.0629 e. The molecule has 0 amide bonds. The van der Waals surface area contributed by atoms with E-state index in [4.69, 9.17) is 0 Å². The van der Waals surface area contributed by atoms with Gasteiger partial charge in [0.05, 0.1) is 6.29 Å². The normalized spacial score (nSPS) is 8.10. The van der Waals surface area contributed by atoms with Gasteiger partial charge in [0.25, 0.3) is 0 Å². The smallest absolute Gasteiger partial charge is 0.0629 e. The number of hydrogen-bond donors (Lipinski definition) is 0. The van der Waals surface area contributed by atoms with Crippen molar-refractivity contribution in [2.75, 3.05) is 0 Å². The molecule has 0 aliphatic heterocycles. The van der Waals surface area contributed by atoms with Crippen molar-refractivity contribution in [2.45, 2.75) is 6.92 Å². The van der Waals surface area contributed by atoms with Crippen LogP contribution in [0.3, 0.4) is 0 Å². The van der Waals surface area contributed by atoms with Crippen LogP contribution in [0.4, 0.5) is 0 Å². The zero-order valence-corrected chi connectivity index (χ0v) is 8.63. The van der Waals surface area contributed by atoms with Crippen molar-refractivity contribution in [3.63, 3.8) is 0 Å². The van der Waals surface area contributed by atoms with Gasteiger partial charge in [-0.2, -0.15) is 6.07 Å². The van der Waals surface area contributed by atoms with Gasteiger partial charge in [0.1, 0.15) is 0 Å². The number of hydrogen-bond acceptors (Lipinski definition) is 1. The first kappa shape index (κ1) is 9.99. The summed E-state index contributed by atoms with van der Waals surface area (Å²) in [6.45, 7) is 1.89. The van der Waals surface area contributed by atoms with Gasteiger partial charge in [-0.15, -0.1) is 23.3 Å². The summed E-state index contributed by atoms with van der Waals surface area (Å²) in [5.74, 6) is 0. The minimum atomic E-state index is 0. The second-order valence-corrected chi connectivity index (χ2v) is 1.92. The molecule has 1 radical (unpaired) electrons. The summed E-state index contributed by atoms with van der Waals surface area (Å²) in [4.78, 5) is 10.1. The Bertz CT molecular complexity index is 220. The van der Waals surface area contributed by atoms with Crippen molar-refractivity contribution in [2.24, 2.45) is 0 Å². The monoisotopic (exact) mass is 208 g/mol. The minimum absolute atomic E-state index is 0. The van der Waals surface area contributed by atoms with E-state index < -0.39 is 0 Å². The van der Waals surface area contributed by atoms with Gasteiger partial charge in [-0.05, 0) is 0 Å². The van der Waals surface area contributed by atoms with Gasteiger partial charge < -0.3 is 4.79 Å². The van der Waals surface area contributed by atoms with Gasteiger partial charge in [0.2, 0.25) is 0 Å². The van der Waals surface area contributed by atoms with E-state index in [2.05, 4.69) is 0 Å². The van der Waals surface area contributed by atoms with Crippen LogP contribution in [-0.4, -0.2) is 6.29 Å². The molecule has 0 atom stereocenters. The number of rotatable bonds is 1. The van der Waals surface area contributed by atoms with E-state index in [0.717, 1.165) is 5.56 Å². The Labute approximate surface area is 85.7 Å². The van der Waals surface area contributed by atoms with Crippen LogP contribution < -0.4 is 0 Å². The minimum Gasteiger partial charge on any atom is -0.376 e. The molecule has 0 unspecified atom stereocenters. The Morgan fingerprint density at radius 1 is 1.30 bits per heavy atom. The Kier molecular flexibility index (Phi) is 4.75. The van der Waals surface area contributed by atoms with Crippen molar-refractivity contribution in [1.29, 1.82) is 0 Å². The quantitative estimate of drug-likeness (QED) is 0.638. The Morgan fingerprint density at radius 2 is 1.90 bits per heavy atom. The maximum absolute atomic E-state index is 10.1. The summed E-state index contributed by atoms with van der Waals surface area (Å²) in [7, 11) is 0. The summed E-state index contributed by atoms with van der Waals surface area (Å²) >= 11 is 0. The summed E-state index contributed by atoms with van der Waals surface area (Å²) < 4.78 is 0. The van der Waals surface area contributed by atoms with Gasteiger partial charge in [0, 0.05) is 32.7 Å². The van der Waals surface area contributed by atoms with Crippen molar-refractivity contribution >= 4 is 6.29 Å². The zero-order valence-electron chi connectivity index (χ0n) is 5.79. The van der Waals surface area contributed by atoms with Crippen LogP contribution in [0.2, 0.25) is 0 Å². The summed E-state index contributed by atoms with van der Waals surface area (Å²) in [5.41, 5.74) is 1.63. The molecule has 0 N–H and O–H groups in total. The molecule has 1 aromatic carbocycles. The van der Waals surface area contributed by atoms with Crippen molar-refractivity contribution < 1.29 is 37.5 Å². The van der Waals surface area contributed by atoms with E-state index in [1.54, 1.807) is 6.07 Å². The van der Waals surface area contributed by atoms with E-state index in [9.17, 15) is 4.79 Å². The SMILES string of the molecule is Cc1ccccc1[C-]=O.[Y]. The van der Waals surface area contributed by atoms with Crippen molar-refractivity contribution in [3.8, 4) is 0 Å². The topological polar surface area (TPSA) is 17.1 Å². The summed E-state index contributed by atoms with van der Waals surface area (Å²) in [5, 5.41) is 0. The van der Waals surface area contributed by atoms with Crippen LogP contribution in [-0.2, 0) is 37.5 Å². The molecule has 2 heteroatoms. The number of benzene rings is 1. The van der Waals surface area contributed by atoms with Gasteiger partial charge in [-0.1, -0.05) is 13.0 Å². The first-order valence-electron chi connectivity index (χ1n) is 2.78. The second-order valence-electron chi connectivity index (χ2n) is 1.92. The molecule has 1 nitrogen and oxygen atoms in total. The average Bonchev–Trinajstić information content (AvgIpc) is 1.89. The molecule has 0 aliphatic carbocycles. The van der Waals surface area contributed by atoms with E-state index in [0.29, 0.717) is 5.56 Å². The maximum atomic E-state index is 10.1. The van der Waals surface area contributed by atoms with Crippen LogP contribution in [0.15, 0.2) is 24.3 Å². The van der Waals surface area contributed by atoms with Gasteiger partial charge in [0.15, 0.2) is 0 Å². The fourth-order valence-corrected chi connectivity index (χ4v) is 0.687. The summed E-state index contributed by atoms with van der Waals surface area (Å²) in [6.07, 6.45) is 1.85. The van der Waals surface area contributed by atoms with Gasteiger partial charge >= 0.3 is 0 Å². The molecular weight excluding hydrogens is 201 g/mol. The second kappa shape index (κ2) is 4.76. The van der Waals surface area contributed by atoms with Crippen LogP contribution in [0, 0.1) is 6.92 Å². The van der Waals surface area contributed by atoms with E-state index in [1.165, 1.54) is 0 Å². The van der Waals surface area contributed by atoms with E-state index >= 15 is 0 Å². The third kappa shape index (κ3) is 2.32. The predicted molar refractivity (Wildman–Crippen MR) is 36.0 cm³/mol. The number of carbonyl (C=O) groups excluding carboxylic acids is 1. The molecule has 0 heterocycles. The van der Waals surface area contributed by atoms with Crippen LogP contribution in [0.5, 0.6) is 0 Å². The molecule has 1 aromatic rings. The average molecular weight is 208 g/mol. The van der Waals surface area contributed by atoms with Crippen LogP contribution in [0.25, 0.3) is 0 Å². The first-order valence-corrected chi connectivity index (χ1v) is 2.78.